The molecule has 2 N–H and O–H groups in total. The number of carboxylic acids is 2. The summed E-state index contributed by atoms with van der Waals surface area (Å²) in [5, 5.41) is 17.7. The fourth-order valence-electron chi connectivity index (χ4n) is 1.78. The Morgan fingerprint density at radius 2 is 1.79 bits per heavy atom. The summed E-state index contributed by atoms with van der Waals surface area (Å²) in [6.07, 6.45) is 0. The van der Waals surface area contributed by atoms with E-state index < -0.39 is 17.9 Å². The van der Waals surface area contributed by atoms with Crippen LogP contribution in [0.3, 0.4) is 0 Å². The standard InChI is InChI=1S/C14H19NO4/c1-3-15(8-10(2)13(16)17)9-11-4-6-12(7-5-11)14(18)19/h4-7,10H,3,8-9H2,1-2H3,(H,16,17)(H,18,19). The molecule has 0 aliphatic carbocycles. The predicted molar refractivity (Wildman–Crippen MR) is 71.2 cm³/mol. The molecule has 19 heavy (non-hydrogen) atoms. The molecule has 0 fully saturated rings. The van der Waals surface area contributed by atoms with Crippen molar-refractivity contribution in [2.75, 3.05) is 13.1 Å². The van der Waals surface area contributed by atoms with Gasteiger partial charge in [-0.05, 0) is 24.2 Å². The van der Waals surface area contributed by atoms with E-state index in [4.69, 9.17) is 10.2 Å². The molecule has 104 valence electrons. The first-order chi connectivity index (χ1) is 8.93. The number of carboxylic acid groups (broad SMARTS) is 2. The second kappa shape index (κ2) is 6.89. The van der Waals surface area contributed by atoms with Gasteiger partial charge in [0.1, 0.15) is 0 Å². The lowest BCUT2D eigenvalue weighted by atomic mass is 10.1. The average molecular weight is 265 g/mol. The molecule has 1 atom stereocenters. The summed E-state index contributed by atoms with van der Waals surface area (Å²) in [6.45, 7) is 5.50. The number of rotatable bonds is 7. The second-order valence-electron chi connectivity index (χ2n) is 4.57. The molecule has 0 spiro atoms. The van der Waals surface area contributed by atoms with E-state index in [-0.39, 0.29) is 5.56 Å². The van der Waals surface area contributed by atoms with Crippen LogP contribution in [0.2, 0.25) is 0 Å². The van der Waals surface area contributed by atoms with Crippen LogP contribution >= 0.6 is 0 Å². The zero-order valence-corrected chi connectivity index (χ0v) is 11.2. The lowest BCUT2D eigenvalue weighted by Gasteiger charge is -2.22. The summed E-state index contributed by atoms with van der Waals surface area (Å²) in [7, 11) is 0. The van der Waals surface area contributed by atoms with Crippen molar-refractivity contribution in [3.8, 4) is 0 Å². The molecular weight excluding hydrogens is 246 g/mol. The summed E-state index contributed by atoms with van der Waals surface area (Å²) in [4.78, 5) is 23.6. The summed E-state index contributed by atoms with van der Waals surface area (Å²) < 4.78 is 0. The van der Waals surface area contributed by atoms with Crippen molar-refractivity contribution in [3.05, 3.63) is 35.4 Å². The maximum atomic E-state index is 10.8. The van der Waals surface area contributed by atoms with Gasteiger partial charge in [-0.1, -0.05) is 26.0 Å². The molecule has 0 amide bonds. The zero-order valence-electron chi connectivity index (χ0n) is 11.2. The smallest absolute Gasteiger partial charge is 0.335 e. The zero-order chi connectivity index (χ0) is 14.4. The molecule has 0 aliphatic rings. The van der Waals surface area contributed by atoms with E-state index in [1.165, 1.54) is 0 Å². The molecule has 0 saturated heterocycles. The van der Waals surface area contributed by atoms with E-state index in [0.717, 1.165) is 12.1 Å². The Labute approximate surface area is 112 Å². The fourth-order valence-corrected chi connectivity index (χ4v) is 1.78. The number of aromatic carboxylic acids is 1. The van der Waals surface area contributed by atoms with Crippen LogP contribution in [-0.2, 0) is 11.3 Å². The minimum absolute atomic E-state index is 0.255. The van der Waals surface area contributed by atoms with E-state index in [1.54, 1.807) is 31.2 Å². The maximum Gasteiger partial charge on any atom is 0.335 e. The highest BCUT2D eigenvalue weighted by molar-refractivity contribution is 5.87. The van der Waals surface area contributed by atoms with Gasteiger partial charge in [-0.2, -0.15) is 0 Å². The highest BCUT2D eigenvalue weighted by Crippen LogP contribution is 2.09. The van der Waals surface area contributed by atoms with Crippen molar-refractivity contribution in [3.63, 3.8) is 0 Å². The third-order valence-corrected chi connectivity index (χ3v) is 3.01. The third-order valence-electron chi connectivity index (χ3n) is 3.01. The monoisotopic (exact) mass is 265 g/mol. The van der Waals surface area contributed by atoms with Crippen molar-refractivity contribution in [1.29, 1.82) is 0 Å². The van der Waals surface area contributed by atoms with E-state index >= 15 is 0 Å². The molecule has 0 aliphatic heterocycles. The lowest BCUT2D eigenvalue weighted by Crippen LogP contribution is -2.31. The Hall–Kier alpha value is -1.88. The predicted octanol–water partition coefficient (Wildman–Crippen LogP) is 1.93. The van der Waals surface area contributed by atoms with Gasteiger partial charge in [0.05, 0.1) is 11.5 Å². The molecule has 5 heteroatoms. The summed E-state index contributed by atoms with van der Waals surface area (Å²) >= 11 is 0. The van der Waals surface area contributed by atoms with Gasteiger partial charge in [0.25, 0.3) is 0 Å². The topological polar surface area (TPSA) is 77.8 Å². The first kappa shape index (κ1) is 15.2. The Kier molecular flexibility index (Phi) is 5.51. The Morgan fingerprint density at radius 3 is 2.21 bits per heavy atom. The number of carbonyl (C=O) groups is 2. The SMILES string of the molecule is CCN(Cc1ccc(C(=O)O)cc1)CC(C)C(=O)O. The molecule has 0 radical (unpaired) electrons. The van der Waals surface area contributed by atoms with Crippen LogP contribution in [-0.4, -0.2) is 40.1 Å². The van der Waals surface area contributed by atoms with Gasteiger partial charge in [0.15, 0.2) is 0 Å². The number of hydrogen-bond acceptors (Lipinski definition) is 3. The van der Waals surface area contributed by atoms with Crippen molar-refractivity contribution < 1.29 is 19.8 Å². The van der Waals surface area contributed by atoms with Crippen LogP contribution in [0.4, 0.5) is 0 Å². The maximum absolute atomic E-state index is 10.8. The Balaban J connectivity index is 2.65. The fraction of sp³-hybridized carbons (Fsp3) is 0.429. The molecule has 1 unspecified atom stereocenters. The Morgan fingerprint density at radius 1 is 1.21 bits per heavy atom. The molecule has 0 aromatic heterocycles. The average Bonchev–Trinajstić information content (AvgIpc) is 2.38. The summed E-state index contributed by atoms with van der Waals surface area (Å²) in [5.74, 6) is -2.17. The normalized spacial score (nSPS) is 12.4. The van der Waals surface area contributed by atoms with Crippen LogP contribution in [0.25, 0.3) is 0 Å². The van der Waals surface area contributed by atoms with E-state index in [2.05, 4.69) is 0 Å². The highest BCUT2D eigenvalue weighted by Gasteiger charge is 2.15. The lowest BCUT2D eigenvalue weighted by molar-refractivity contribution is -0.141. The molecule has 1 aromatic carbocycles. The first-order valence-electron chi connectivity index (χ1n) is 6.21. The van der Waals surface area contributed by atoms with Crippen molar-refractivity contribution in [2.45, 2.75) is 20.4 Å². The van der Waals surface area contributed by atoms with Crippen molar-refractivity contribution in [2.24, 2.45) is 5.92 Å². The van der Waals surface area contributed by atoms with Crippen LogP contribution < -0.4 is 0 Å². The molecule has 5 nitrogen and oxygen atoms in total. The van der Waals surface area contributed by atoms with Gasteiger partial charge in [0.2, 0.25) is 0 Å². The van der Waals surface area contributed by atoms with Gasteiger partial charge in [0, 0.05) is 13.1 Å². The van der Waals surface area contributed by atoms with Crippen LogP contribution in [0.5, 0.6) is 0 Å². The van der Waals surface area contributed by atoms with Crippen molar-refractivity contribution in [1.82, 2.24) is 4.90 Å². The van der Waals surface area contributed by atoms with E-state index in [9.17, 15) is 9.59 Å². The number of hydrogen-bond donors (Lipinski definition) is 2. The largest absolute Gasteiger partial charge is 0.481 e. The molecular formula is C14H19NO4. The van der Waals surface area contributed by atoms with Gasteiger partial charge in [-0.25, -0.2) is 4.79 Å². The van der Waals surface area contributed by atoms with Crippen molar-refractivity contribution >= 4 is 11.9 Å². The van der Waals surface area contributed by atoms with Crippen LogP contribution in [0.15, 0.2) is 24.3 Å². The van der Waals surface area contributed by atoms with Crippen LogP contribution in [0.1, 0.15) is 29.8 Å². The Bertz CT molecular complexity index is 441. The first-order valence-corrected chi connectivity index (χ1v) is 6.21. The quantitative estimate of drug-likeness (QED) is 0.787. The van der Waals surface area contributed by atoms with Gasteiger partial charge in [-0.15, -0.1) is 0 Å². The van der Waals surface area contributed by atoms with E-state index in [0.29, 0.717) is 13.1 Å². The van der Waals surface area contributed by atoms with Gasteiger partial charge < -0.3 is 10.2 Å². The molecule has 0 bridgehead atoms. The molecule has 1 rings (SSSR count). The highest BCUT2D eigenvalue weighted by atomic mass is 16.4. The third kappa shape index (κ3) is 4.71. The summed E-state index contributed by atoms with van der Waals surface area (Å²) in [5.41, 5.74) is 1.23. The molecule has 0 heterocycles. The van der Waals surface area contributed by atoms with E-state index in [1.807, 2.05) is 11.8 Å². The number of nitrogens with zero attached hydrogens (tertiary/aromatic N) is 1. The molecule has 1 aromatic rings. The van der Waals surface area contributed by atoms with Gasteiger partial charge in [-0.3, -0.25) is 9.69 Å². The minimum atomic E-state index is -0.946. The minimum Gasteiger partial charge on any atom is -0.481 e. The van der Waals surface area contributed by atoms with Gasteiger partial charge >= 0.3 is 11.9 Å². The molecule has 0 saturated carbocycles. The second-order valence-corrected chi connectivity index (χ2v) is 4.57. The number of aliphatic carboxylic acids is 1. The summed E-state index contributed by atoms with van der Waals surface area (Å²) in [6, 6.07) is 6.65. The number of benzene rings is 1. The van der Waals surface area contributed by atoms with Crippen LogP contribution in [0, 0.1) is 5.92 Å².